The van der Waals surface area contributed by atoms with Crippen LogP contribution in [0.4, 0.5) is 8.78 Å². The van der Waals surface area contributed by atoms with Gasteiger partial charge >= 0.3 is 0 Å². The van der Waals surface area contributed by atoms with E-state index in [9.17, 15) is 13.9 Å². The molecule has 1 aliphatic heterocycles. The van der Waals surface area contributed by atoms with E-state index in [0.717, 1.165) is 0 Å². The molecular weight excluding hydrogens is 214 g/mol. The van der Waals surface area contributed by atoms with Crippen LogP contribution in [0.3, 0.4) is 0 Å². The molecule has 6 heteroatoms. The van der Waals surface area contributed by atoms with Gasteiger partial charge in [0.1, 0.15) is 5.75 Å². The van der Waals surface area contributed by atoms with Crippen LogP contribution in [-0.2, 0) is 0 Å². The Morgan fingerprint density at radius 2 is 1.93 bits per heavy atom. The Kier molecular flexibility index (Phi) is 2.37. The number of fused-ring (bicyclic) bond motifs is 1. The summed E-state index contributed by atoms with van der Waals surface area (Å²) in [5.41, 5.74) is 0. The number of hydrogen-bond acceptors (Lipinski definition) is 4. The second-order valence-electron chi connectivity index (χ2n) is 2.55. The minimum atomic E-state index is -2.57. The van der Waals surface area contributed by atoms with Crippen molar-refractivity contribution in [1.82, 2.24) is 0 Å². The van der Waals surface area contributed by atoms with Crippen molar-refractivity contribution in [2.24, 2.45) is 0 Å². The van der Waals surface area contributed by atoms with E-state index in [1.807, 2.05) is 0 Å². The zero-order chi connectivity index (χ0) is 10.1. The van der Waals surface area contributed by atoms with Gasteiger partial charge in [-0.25, -0.2) is 0 Å². The number of thioether (sulfide) groups is 1. The number of alkyl halides is 2. The predicted octanol–water partition coefficient (Wildman–Crippen LogP) is 2.44. The Balaban J connectivity index is 2.32. The van der Waals surface area contributed by atoms with Crippen molar-refractivity contribution in [2.75, 3.05) is 6.79 Å². The quantitative estimate of drug-likeness (QED) is 0.777. The molecule has 0 atom stereocenters. The standard InChI is InChI=1S/C8H6F2O3S/c9-8(10)14-7-2-6-5(1-4(7)11)12-3-13-6/h1-2,8,11H,3H2. The van der Waals surface area contributed by atoms with Crippen LogP contribution in [0.5, 0.6) is 17.2 Å². The first-order valence-corrected chi connectivity index (χ1v) is 4.62. The zero-order valence-electron chi connectivity index (χ0n) is 6.87. The zero-order valence-corrected chi connectivity index (χ0v) is 7.68. The average Bonchev–Trinajstić information content (AvgIpc) is 2.51. The van der Waals surface area contributed by atoms with Crippen molar-refractivity contribution in [3.8, 4) is 17.2 Å². The van der Waals surface area contributed by atoms with Gasteiger partial charge in [0.15, 0.2) is 11.5 Å². The minimum absolute atomic E-state index is 0.0531. The number of hydrogen-bond donors (Lipinski definition) is 1. The summed E-state index contributed by atoms with van der Waals surface area (Å²) in [7, 11) is 0. The van der Waals surface area contributed by atoms with Crippen LogP contribution in [0.25, 0.3) is 0 Å². The normalized spacial score (nSPS) is 13.6. The van der Waals surface area contributed by atoms with Crippen molar-refractivity contribution in [3.63, 3.8) is 0 Å². The number of aromatic hydroxyl groups is 1. The first kappa shape index (κ1) is 9.39. The summed E-state index contributed by atoms with van der Waals surface area (Å²) in [4.78, 5) is 0.0873. The lowest BCUT2D eigenvalue weighted by Gasteiger charge is -2.04. The second kappa shape index (κ2) is 3.53. The van der Waals surface area contributed by atoms with Crippen LogP contribution in [-0.4, -0.2) is 17.7 Å². The maximum atomic E-state index is 12.0. The Morgan fingerprint density at radius 3 is 2.57 bits per heavy atom. The van der Waals surface area contributed by atoms with E-state index in [1.54, 1.807) is 0 Å². The highest BCUT2D eigenvalue weighted by Crippen LogP contribution is 2.42. The highest BCUT2D eigenvalue weighted by molar-refractivity contribution is 7.99. The van der Waals surface area contributed by atoms with Gasteiger partial charge in [-0.05, 0) is 0 Å². The van der Waals surface area contributed by atoms with Crippen molar-refractivity contribution >= 4 is 11.8 Å². The van der Waals surface area contributed by atoms with E-state index in [1.165, 1.54) is 12.1 Å². The van der Waals surface area contributed by atoms with Crippen LogP contribution >= 0.6 is 11.8 Å². The van der Waals surface area contributed by atoms with Crippen LogP contribution in [0.2, 0.25) is 0 Å². The molecule has 76 valence electrons. The molecule has 0 saturated carbocycles. The Hall–Kier alpha value is -1.17. The van der Waals surface area contributed by atoms with E-state index in [4.69, 9.17) is 9.47 Å². The first-order chi connectivity index (χ1) is 6.66. The van der Waals surface area contributed by atoms with Gasteiger partial charge in [-0.2, -0.15) is 8.78 Å². The number of halogens is 2. The average molecular weight is 220 g/mol. The molecule has 2 rings (SSSR count). The molecule has 0 saturated heterocycles. The van der Waals surface area contributed by atoms with Gasteiger partial charge in [0.2, 0.25) is 6.79 Å². The summed E-state index contributed by atoms with van der Waals surface area (Å²) in [6.45, 7) is 0.0531. The Morgan fingerprint density at radius 1 is 1.29 bits per heavy atom. The molecule has 0 unspecified atom stereocenters. The molecule has 1 aromatic rings. The summed E-state index contributed by atoms with van der Waals surface area (Å²) in [6, 6.07) is 2.61. The predicted molar refractivity (Wildman–Crippen MR) is 46.1 cm³/mol. The maximum Gasteiger partial charge on any atom is 0.289 e. The third kappa shape index (κ3) is 1.70. The molecule has 1 N–H and O–H groups in total. The monoisotopic (exact) mass is 220 g/mol. The number of benzene rings is 1. The highest BCUT2D eigenvalue weighted by Gasteiger charge is 2.19. The number of ether oxygens (including phenoxy) is 2. The van der Waals surface area contributed by atoms with E-state index in [0.29, 0.717) is 11.5 Å². The molecule has 14 heavy (non-hydrogen) atoms. The second-order valence-corrected chi connectivity index (χ2v) is 3.58. The molecule has 0 fully saturated rings. The van der Waals surface area contributed by atoms with E-state index in [-0.39, 0.29) is 29.2 Å². The molecule has 0 bridgehead atoms. The van der Waals surface area contributed by atoms with Crippen LogP contribution in [0, 0.1) is 0 Å². The molecule has 0 aromatic heterocycles. The van der Waals surface area contributed by atoms with Gasteiger partial charge in [0.05, 0.1) is 4.90 Å². The van der Waals surface area contributed by atoms with Gasteiger partial charge in [-0.3, -0.25) is 0 Å². The van der Waals surface area contributed by atoms with Crippen molar-refractivity contribution in [3.05, 3.63) is 12.1 Å². The highest BCUT2D eigenvalue weighted by atomic mass is 32.2. The topological polar surface area (TPSA) is 38.7 Å². The molecule has 0 spiro atoms. The Bertz CT molecular complexity index is 357. The van der Waals surface area contributed by atoms with Gasteiger partial charge in [-0.15, -0.1) is 0 Å². The van der Waals surface area contributed by atoms with Crippen LogP contribution in [0.15, 0.2) is 17.0 Å². The third-order valence-corrected chi connectivity index (χ3v) is 2.43. The molecule has 3 nitrogen and oxygen atoms in total. The fraction of sp³-hybridized carbons (Fsp3) is 0.250. The van der Waals surface area contributed by atoms with E-state index in [2.05, 4.69) is 0 Å². The molecule has 0 aliphatic carbocycles. The van der Waals surface area contributed by atoms with E-state index < -0.39 is 5.76 Å². The molecule has 1 aliphatic rings. The van der Waals surface area contributed by atoms with Crippen molar-refractivity contribution in [1.29, 1.82) is 0 Å². The Labute approximate surface area is 82.6 Å². The fourth-order valence-corrected chi connectivity index (χ4v) is 1.65. The lowest BCUT2D eigenvalue weighted by atomic mass is 10.3. The number of rotatable bonds is 2. The smallest absolute Gasteiger partial charge is 0.289 e. The molecule has 1 aromatic carbocycles. The summed E-state index contributed by atoms with van der Waals surface area (Å²) in [5, 5.41) is 9.33. The maximum absolute atomic E-state index is 12.0. The van der Waals surface area contributed by atoms with Crippen molar-refractivity contribution < 1.29 is 23.4 Å². The minimum Gasteiger partial charge on any atom is -0.507 e. The lowest BCUT2D eigenvalue weighted by Crippen LogP contribution is -1.92. The van der Waals surface area contributed by atoms with Gasteiger partial charge in [0, 0.05) is 12.1 Å². The summed E-state index contributed by atoms with van der Waals surface area (Å²) < 4.78 is 34.0. The molecule has 0 radical (unpaired) electrons. The fourth-order valence-electron chi connectivity index (χ4n) is 1.10. The van der Waals surface area contributed by atoms with Crippen LogP contribution < -0.4 is 9.47 Å². The lowest BCUT2D eigenvalue weighted by molar-refractivity contribution is 0.174. The molecular formula is C8H6F2O3S. The summed E-state index contributed by atoms with van der Waals surface area (Å²) in [6.07, 6.45) is 0. The molecule has 1 heterocycles. The van der Waals surface area contributed by atoms with Gasteiger partial charge < -0.3 is 14.6 Å². The SMILES string of the molecule is Oc1cc2c(cc1SC(F)F)OCO2. The number of phenols is 1. The van der Waals surface area contributed by atoms with Gasteiger partial charge in [0.25, 0.3) is 5.76 Å². The van der Waals surface area contributed by atoms with Gasteiger partial charge in [-0.1, -0.05) is 11.8 Å². The third-order valence-electron chi connectivity index (χ3n) is 1.67. The largest absolute Gasteiger partial charge is 0.507 e. The van der Waals surface area contributed by atoms with Crippen molar-refractivity contribution in [2.45, 2.75) is 10.7 Å². The summed E-state index contributed by atoms with van der Waals surface area (Å²) in [5.74, 6) is -2.03. The summed E-state index contributed by atoms with van der Waals surface area (Å²) >= 11 is 0.272. The molecule has 0 amide bonds. The number of phenolic OH excluding ortho intramolecular Hbond substituents is 1. The first-order valence-electron chi connectivity index (χ1n) is 3.74. The van der Waals surface area contributed by atoms with E-state index >= 15 is 0 Å². The van der Waals surface area contributed by atoms with Crippen LogP contribution in [0.1, 0.15) is 0 Å².